The number of ether oxygens (including phenoxy) is 4. The molecular formula is C45H82N2O8. The van der Waals surface area contributed by atoms with Gasteiger partial charge in [-0.3, -0.25) is 19.2 Å². The van der Waals surface area contributed by atoms with Gasteiger partial charge in [-0.1, -0.05) is 87.0 Å². The fourth-order valence-corrected chi connectivity index (χ4v) is 9.89. The van der Waals surface area contributed by atoms with E-state index in [4.69, 9.17) is 30.4 Å². The Bertz CT molecular complexity index is 1150. The summed E-state index contributed by atoms with van der Waals surface area (Å²) in [6.45, 7) is 18.5. The van der Waals surface area contributed by atoms with Crippen LogP contribution in [0.5, 0.6) is 0 Å². The monoisotopic (exact) mass is 779 g/mol. The van der Waals surface area contributed by atoms with Crippen molar-refractivity contribution in [2.24, 2.45) is 51.9 Å². The molecule has 0 spiro atoms. The first-order valence-corrected chi connectivity index (χ1v) is 22.3. The summed E-state index contributed by atoms with van der Waals surface area (Å²) in [5, 5.41) is 0. The Kier molecular flexibility index (Phi) is 22.4. The molecule has 0 bridgehead atoms. The molecule has 2 saturated carbocycles. The highest BCUT2D eigenvalue weighted by Crippen LogP contribution is 2.58. The molecule has 0 saturated heterocycles. The lowest BCUT2D eigenvalue weighted by Gasteiger charge is -2.51. The van der Waals surface area contributed by atoms with Gasteiger partial charge in [0.1, 0.15) is 12.2 Å². The molecule has 0 radical (unpaired) electrons. The Balaban J connectivity index is 2.25. The smallest absolute Gasteiger partial charge is 0.307 e. The van der Waals surface area contributed by atoms with Crippen molar-refractivity contribution in [2.75, 3.05) is 19.7 Å². The minimum atomic E-state index is -0.340. The maximum atomic E-state index is 13.3. The SMILES string of the molecule is CCCCCCCCCOC(=O)CC[C@@H](C)[C@H]1CC[C@@H](C)[C@]1(C)[C@H](C[C@@H](C)[C@@]1(C)CC[C@@H](OC(=O)CCN)CC1C[C@H](C)OC(=O)CCC)OC(=O)CCN. The molecule has 320 valence electrons. The standard InChI is InChI=1S/C45H82N2O8/c1-9-11-12-13-14-15-16-28-52-40(48)21-18-32(3)38-20-19-33(4)45(38,8)39(55-43(51)24-27-47)29-34(5)44(7)25-22-37(54-42(50)23-26-46)31-36(44)30-35(6)53-41(49)17-10-2/h32-39H,9-31,46-47H2,1-8H3/t32-,33-,34-,35+,36?,37-,38-,39+,44-,45+/m1/s1. The van der Waals surface area contributed by atoms with E-state index in [1.165, 1.54) is 32.1 Å². The Morgan fingerprint density at radius 3 is 2.04 bits per heavy atom. The summed E-state index contributed by atoms with van der Waals surface area (Å²) in [5.41, 5.74) is 11.0. The number of esters is 4. The quantitative estimate of drug-likeness (QED) is 0.0468. The molecule has 55 heavy (non-hydrogen) atoms. The zero-order chi connectivity index (χ0) is 41.0. The zero-order valence-electron chi connectivity index (χ0n) is 36.3. The van der Waals surface area contributed by atoms with Crippen LogP contribution < -0.4 is 11.5 Å². The Morgan fingerprint density at radius 2 is 1.38 bits per heavy atom. The Labute approximate surface area is 335 Å². The third kappa shape index (κ3) is 15.6. The van der Waals surface area contributed by atoms with Crippen LogP contribution in [0.25, 0.3) is 0 Å². The van der Waals surface area contributed by atoms with Gasteiger partial charge in [0.15, 0.2) is 0 Å². The number of nitrogens with two attached hydrogens (primary N) is 2. The number of hydrogen-bond donors (Lipinski definition) is 2. The second-order valence-electron chi connectivity index (χ2n) is 17.9. The van der Waals surface area contributed by atoms with E-state index in [0.717, 1.165) is 51.4 Å². The third-order valence-electron chi connectivity index (χ3n) is 13.8. The van der Waals surface area contributed by atoms with Gasteiger partial charge in [-0.15, -0.1) is 0 Å². The van der Waals surface area contributed by atoms with Crippen molar-refractivity contribution in [3.8, 4) is 0 Å². The van der Waals surface area contributed by atoms with Crippen molar-refractivity contribution in [1.29, 1.82) is 0 Å². The van der Waals surface area contributed by atoms with Crippen LogP contribution in [-0.2, 0) is 38.1 Å². The minimum Gasteiger partial charge on any atom is -0.466 e. The van der Waals surface area contributed by atoms with Gasteiger partial charge in [0.05, 0.1) is 25.6 Å². The van der Waals surface area contributed by atoms with E-state index in [2.05, 4.69) is 41.5 Å². The van der Waals surface area contributed by atoms with Crippen LogP contribution in [0.3, 0.4) is 0 Å². The summed E-state index contributed by atoms with van der Waals surface area (Å²) in [6, 6.07) is 0. The van der Waals surface area contributed by atoms with Gasteiger partial charge < -0.3 is 30.4 Å². The van der Waals surface area contributed by atoms with Crippen LogP contribution in [0, 0.1) is 40.4 Å². The number of carbonyl (C=O) groups is 4. The first-order chi connectivity index (χ1) is 26.2. The fraction of sp³-hybridized carbons (Fsp3) is 0.911. The number of unbranched alkanes of at least 4 members (excludes halogenated alkanes) is 6. The molecular weight excluding hydrogens is 697 g/mol. The molecule has 0 aromatic heterocycles. The largest absolute Gasteiger partial charge is 0.466 e. The summed E-state index contributed by atoms with van der Waals surface area (Å²) in [6.07, 6.45) is 15.6. The molecule has 0 heterocycles. The van der Waals surface area contributed by atoms with Gasteiger partial charge in [0.2, 0.25) is 0 Å². The van der Waals surface area contributed by atoms with Gasteiger partial charge in [-0.2, -0.15) is 0 Å². The van der Waals surface area contributed by atoms with Crippen LogP contribution in [0.15, 0.2) is 0 Å². The number of rotatable bonds is 27. The summed E-state index contributed by atoms with van der Waals surface area (Å²) in [7, 11) is 0. The van der Waals surface area contributed by atoms with Crippen molar-refractivity contribution >= 4 is 23.9 Å². The molecule has 0 aliphatic heterocycles. The van der Waals surface area contributed by atoms with Crippen LogP contribution in [0.4, 0.5) is 0 Å². The maximum Gasteiger partial charge on any atom is 0.307 e. The van der Waals surface area contributed by atoms with Crippen LogP contribution in [0.1, 0.15) is 184 Å². The molecule has 2 aliphatic rings. The molecule has 0 amide bonds. The Morgan fingerprint density at radius 1 is 0.745 bits per heavy atom. The summed E-state index contributed by atoms with van der Waals surface area (Å²) in [4.78, 5) is 51.1. The average Bonchev–Trinajstić information content (AvgIpc) is 3.43. The molecule has 4 N–H and O–H groups in total. The summed E-state index contributed by atoms with van der Waals surface area (Å²) in [5.74, 6) is 0.198. The predicted molar refractivity (Wildman–Crippen MR) is 219 cm³/mol. The molecule has 10 heteroatoms. The van der Waals surface area contributed by atoms with E-state index < -0.39 is 0 Å². The molecule has 1 unspecified atom stereocenters. The molecule has 10 atom stereocenters. The van der Waals surface area contributed by atoms with E-state index in [0.29, 0.717) is 44.6 Å². The third-order valence-corrected chi connectivity index (χ3v) is 13.8. The molecule has 0 aromatic rings. The van der Waals surface area contributed by atoms with E-state index in [1.807, 2.05) is 13.8 Å². The highest BCUT2D eigenvalue weighted by molar-refractivity contribution is 5.70. The second kappa shape index (κ2) is 25.2. The lowest BCUT2D eigenvalue weighted by molar-refractivity contribution is -0.166. The highest BCUT2D eigenvalue weighted by Gasteiger charge is 2.55. The van der Waals surface area contributed by atoms with E-state index in [-0.39, 0.29) is 103 Å². The topological polar surface area (TPSA) is 157 Å². The van der Waals surface area contributed by atoms with Gasteiger partial charge in [-0.05, 0) is 106 Å². The van der Waals surface area contributed by atoms with E-state index in [1.54, 1.807) is 0 Å². The molecule has 10 nitrogen and oxygen atoms in total. The maximum absolute atomic E-state index is 13.3. The average molecular weight is 779 g/mol. The van der Waals surface area contributed by atoms with Crippen molar-refractivity contribution in [2.45, 2.75) is 202 Å². The predicted octanol–water partition coefficient (Wildman–Crippen LogP) is 9.22. The van der Waals surface area contributed by atoms with Crippen molar-refractivity contribution < 1.29 is 38.1 Å². The van der Waals surface area contributed by atoms with Gasteiger partial charge in [0.25, 0.3) is 0 Å². The molecule has 0 aromatic carbocycles. The van der Waals surface area contributed by atoms with Crippen molar-refractivity contribution in [3.05, 3.63) is 0 Å². The normalized spacial score (nSPS) is 27.5. The molecule has 2 aliphatic carbocycles. The number of hydrogen-bond acceptors (Lipinski definition) is 10. The lowest BCUT2D eigenvalue weighted by atomic mass is 9.56. The fourth-order valence-electron chi connectivity index (χ4n) is 9.89. The molecule has 2 rings (SSSR count). The van der Waals surface area contributed by atoms with E-state index in [9.17, 15) is 19.2 Å². The van der Waals surface area contributed by atoms with Crippen LogP contribution in [-0.4, -0.2) is 61.9 Å². The zero-order valence-corrected chi connectivity index (χ0v) is 36.3. The first-order valence-electron chi connectivity index (χ1n) is 22.3. The van der Waals surface area contributed by atoms with Crippen molar-refractivity contribution in [3.63, 3.8) is 0 Å². The highest BCUT2D eigenvalue weighted by atomic mass is 16.6. The van der Waals surface area contributed by atoms with Crippen molar-refractivity contribution in [1.82, 2.24) is 0 Å². The van der Waals surface area contributed by atoms with Crippen LogP contribution in [0.2, 0.25) is 0 Å². The van der Waals surface area contributed by atoms with Gasteiger partial charge in [0, 0.05) is 31.3 Å². The summed E-state index contributed by atoms with van der Waals surface area (Å²) >= 11 is 0. The first kappa shape index (κ1) is 48.9. The Hall–Kier alpha value is -2.20. The van der Waals surface area contributed by atoms with Gasteiger partial charge in [-0.25, -0.2) is 0 Å². The minimum absolute atomic E-state index is 0.104. The van der Waals surface area contributed by atoms with Crippen LogP contribution >= 0.6 is 0 Å². The van der Waals surface area contributed by atoms with Gasteiger partial charge >= 0.3 is 23.9 Å². The number of carbonyl (C=O) groups excluding carboxylic acids is 4. The van der Waals surface area contributed by atoms with E-state index >= 15 is 0 Å². The molecule has 2 fully saturated rings. The second-order valence-corrected chi connectivity index (χ2v) is 17.9. The lowest BCUT2D eigenvalue weighted by Crippen LogP contribution is -2.49. The summed E-state index contributed by atoms with van der Waals surface area (Å²) < 4.78 is 23.9.